The van der Waals surface area contributed by atoms with Crippen LogP contribution in [0.2, 0.25) is 0 Å². The lowest BCUT2D eigenvalue weighted by Crippen LogP contribution is -2.37. The van der Waals surface area contributed by atoms with Crippen LogP contribution in [-0.4, -0.2) is 12.6 Å². The number of hydrogen-bond acceptors (Lipinski definition) is 1. The summed E-state index contributed by atoms with van der Waals surface area (Å²) < 4.78 is 0. The molecule has 1 nitrogen and oxygen atoms in total. The molecule has 1 saturated carbocycles. The van der Waals surface area contributed by atoms with Crippen molar-refractivity contribution in [3.8, 4) is 0 Å². The Morgan fingerprint density at radius 3 is 2.78 bits per heavy atom. The summed E-state index contributed by atoms with van der Waals surface area (Å²) in [7, 11) is 0. The smallest absolute Gasteiger partial charge is 0.0136 e. The van der Waals surface area contributed by atoms with Gasteiger partial charge < -0.3 is 5.32 Å². The first-order valence-electron chi connectivity index (χ1n) is 7.67. The van der Waals surface area contributed by atoms with Crippen molar-refractivity contribution in [1.82, 2.24) is 5.32 Å². The molecule has 1 N–H and O–H groups in total. The van der Waals surface area contributed by atoms with Gasteiger partial charge in [0, 0.05) is 6.04 Å². The number of hydrogen-bond donors (Lipinski definition) is 1. The second-order valence-electron chi connectivity index (χ2n) is 5.55. The van der Waals surface area contributed by atoms with E-state index < -0.39 is 0 Å². The highest BCUT2D eigenvalue weighted by Crippen LogP contribution is 2.33. The minimum atomic E-state index is 0.695. The topological polar surface area (TPSA) is 12.0 Å². The zero-order valence-electron chi connectivity index (χ0n) is 11.9. The third-order valence-electron chi connectivity index (χ3n) is 4.15. The molecule has 100 valence electrons. The van der Waals surface area contributed by atoms with Gasteiger partial charge in [0.2, 0.25) is 0 Å². The highest BCUT2D eigenvalue weighted by atomic mass is 14.9. The van der Waals surface area contributed by atoms with E-state index in [-0.39, 0.29) is 0 Å². The normalized spacial score (nSPS) is 24.1. The van der Waals surface area contributed by atoms with Crippen LogP contribution in [0.4, 0.5) is 0 Å². The van der Waals surface area contributed by atoms with Crippen LogP contribution in [0, 0.1) is 0 Å². The molecule has 0 aliphatic heterocycles. The van der Waals surface area contributed by atoms with Crippen molar-refractivity contribution in [1.29, 1.82) is 0 Å². The molecule has 18 heavy (non-hydrogen) atoms. The number of benzene rings is 1. The van der Waals surface area contributed by atoms with Gasteiger partial charge in [0.1, 0.15) is 0 Å². The van der Waals surface area contributed by atoms with Gasteiger partial charge in [-0.1, -0.05) is 57.4 Å². The minimum Gasteiger partial charge on any atom is -0.314 e. The lowest BCUT2D eigenvalue weighted by Gasteiger charge is -2.32. The van der Waals surface area contributed by atoms with Crippen LogP contribution in [0.25, 0.3) is 0 Å². The second kappa shape index (κ2) is 6.94. The Bertz CT molecular complexity index is 356. The van der Waals surface area contributed by atoms with Crippen LogP contribution in [0.5, 0.6) is 0 Å². The Labute approximate surface area is 112 Å². The molecule has 1 fully saturated rings. The summed E-state index contributed by atoms with van der Waals surface area (Å²) in [4.78, 5) is 0. The lowest BCUT2D eigenvalue weighted by atomic mass is 9.79. The van der Waals surface area contributed by atoms with Gasteiger partial charge in [-0.2, -0.15) is 0 Å². The maximum atomic E-state index is 3.68. The standard InChI is InChI=1S/C17H27N/c1-3-8-14-9-7-10-15(13-14)16-11-5-6-12-17(16)18-4-2/h7,9-10,13,16-18H,3-6,8,11-12H2,1-2H3. The molecule has 0 heterocycles. The summed E-state index contributed by atoms with van der Waals surface area (Å²) in [5, 5.41) is 3.68. The third kappa shape index (κ3) is 3.35. The van der Waals surface area contributed by atoms with E-state index >= 15 is 0 Å². The van der Waals surface area contributed by atoms with E-state index in [0.717, 1.165) is 12.5 Å². The molecule has 0 bridgehead atoms. The van der Waals surface area contributed by atoms with Crippen LogP contribution < -0.4 is 5.32 Å². The van der Waals surface area contributed by atoms with Crippen LogP contribution in [0.1, 0.15) is 63.0 Å². The molecular weight excluding hydrogens is 218 g/mol. The van der Waals surface area contributed by atoms with Crippen molar-refractivity contribution in [2.75, 3.05) is 6.54 Å². The fourth-order valence-electron chi connectivity index (χ4n) is 3.30. The first kappa shape index (κ1) is 13.6. The van der Waals surface area contributed by atoms with Gasteiger partial charge in [0.05, 0.1) is 0 Å². The molecule has 1 heteroatoms. The maximum Gasteiger partial charge on any atom is 0.0136 e. The van der Waals surface area contributed by atoms with Crippen molar-refractivity contribution < 1.29 is 0 Å². The van der Waals surface area contributed by atoms with Crippen molar-refractivity contribution >= 4 is 0 Å². The quantitative estimate of drug-likeness (QED) is 0.816. The number of likely N-dealkylation sites (N-methyl/N-ethyl adjacent to an activating group) is 1. The highest BCUT2D eigenvalue weighted by Gasteiger charge is 2.25. The van der Waals surface area contributed by atoms with E-state index in [1.165, 1.54) is 44.1 Å². The molecule has 0 amide bonds. The lowest BCUT2D eigenvalue weighted by molar-refractivity contribution is 0.332. The van der Waals surface area contributed by atoms with E-state index in [1.807, 2.05) is 0 Å². The Balaban J connectivity index is 2.14. The van der Waals surface area contributed by atoms with Crippen molar-refractivity contribution in [3.63, 3.8) is 0 Å². The van der Waals surface area contributed by atoms with Gasteiger partial charge in [-0.05, 0) is 42.9 Å². The summed E-state index contributed by atoms with van der Waals surface area (Å²) in [6.07, 6.45) is 7.94. The third-order valence-corrected chi connectivity index (χ3v) is 4.15. The minimum absolute atomic E-state index is 0.695. The maximum absolute atomic E-state index is 3.68. The highest BCUT2D eigenvalue weighted by molar-refractivity contribution is 5.28. The predicted octanol–water partition coefficient (Wildman–Crippen LogP) is 4.27. The molecule has 1 aliphatic carbocycles. The Morgan fingerprint density at radius 2 is 2.00 bits per heavy atom. The van der Waals surface area contributed by atoms with Crippen LogP contribution in [-0.2, 0) is 6.42 Å². The van der Waals surface area contributed by atoms with E-state index in [0.29, 0.717) is 6.04 Å². The average Bonchev–Trinajstić information content (AvgIpc) is 2.40. The van der Waals surface area contributed by atoms with E-state index in [9.17, 15) is 0 Å². The van der Waals surface area contributed by atoms with E-state index in [2.05, 4.69) is 43.4 Å². The zero-order valence-corrected chi connectivity index (χ0v) is 11.9. The van der Waals surface area contributed by atoms with E-state index in [1.54, 1.807) is 5.56 Å². The Kier molecular flexibility index (Phi) is 5.25. The predicted molar refractivity (Wildman–Crippen MR) is 79.1 cm³/mol. The van der Waals surface area contributed by atoms with Gasteiger partial charge in [0.15, 0.2) is 0 Å². The van der Waals surface area contributed by atoms with E-state index in [4.69, 9.17) is 0 Å². The molecule has 0 radical (unpaired) electrons. The summed E-state index contributed by atoms with van der Waals surface area (Å²) in [6.45, 7) is 5.57. The molecule has 1 aliphatic rings. The molecule has 2 unspecified atom stereocenters. The Hall–Kier alpha value is -0.820. The summed E-state index contributed by atoms with van der Waals surface area (Å²) in [6, 6.07) is 10.00. The molecule has 0 saturated heterocycles. The molecular formula is C17H27N. The van der Waals surface area contributed by atoms with Crippen LogP contribution in [0.3, 0.4) is 0 Å². The summed E-state index contributed by atoms with van der Waals surface area (Å²) in [5.74, 6) is 0.732. The van der Waals surface area contributed by atoms with Crippen molar-refractivity contribution in [2.24, 2.45) is 0 Å². The molecule has 2 rings (SSSR count). The molecule has 2 atom stereocenters. The first-order chi connectivity index (χ1) is 8.85. The number of rotatable bonds is 5. The first-order valence-corrected chi connectivity index (χ1v) is 7.67. The van der Waals surface area contributed by atoms with Crippen LogP contribution in [0.15, 0.2) is 24.3 Å². The number of nitrogens with one attached hydrogen (secondary N) is 1. The van der Waals surface area contributed by atoms with Crippen molar-refractivity contribution in [2.45, 2.75) is 64.3 Å². The van der Waals surface area contributed by atoms with Gasteiger partial charge in [-0.3, -0.25) is 0 Å². The molecule has 0 aromatic heterocycles. The summed E-state index contributed by atoms with van der Waals surface area (Å²) >= 11 is 0. The fraction of sp³-hybridized carbons (Fsp3) is 0.647. The Morgan fingerprint density at radius 1 is 1.17 bits per heavy atom. The van der Waals surface area contributed by atoms with Crippen LogP contribution >= 0.6 is 0 Å². The molecule has 1 aromatic carbocycles. The van der Waals surface area contributed by atoms with Gasteiger partial charge in [-0.25, -0.2) is 0 Å². The van der Waals surface area contributed by atoms with Crippen molar-refractivity contribution in [3.05, 3.63) is 35.4 Å². The average molecular weight is 245 g/mol. The fourth-order valence-corrected chi connectivity index (χ4v) is 3.30. The van der Waals surface area contributed by atoms with Gasteiger partial charge in [0.25, 0.3) is 0 Å². The van der Waals surface area contributed by atoms with Gasteiger partial charge in [-0.15, -0.1) is 0 Å². The largest absolute Gasteiger partial charge is 0.314 e. The SMILES string of the molecule is CCCc1cccc(C2CCCCC2NCC)c1. The monoisotopic (exact) mass is 245 g/mol. The zero-order chi connectivity index (χ0) is 12.8. The summed E-state index contributed by atoms with van der Waals surface area (Å²) in [5.41, 5.74) is 3.07. The molecule has 1 aromatic rings. The molecule has 0 spiro atoms. The second-order valence-corrected chi connectivity index (χ2v) is 5.55. The number of aryl methyl sites for hydroxylation is 1. The van der Waals surface area contributed by atoms with Gasteiger partial charge >= 0.3 is 0 Å².